The predicted octanol–water partition coefficient (Wildman–Crippen LogP) is -0.194. The van der Waals surface area contributed by atoms with Crippen molar-refractivity contribution in [2.45, 2.75) is 6.42 Å². The minimum absolute atomic E-state index is 0.141. The van der Waals surface area contributed by atoms with Gasteiger partial charge in [0.05, 0.1) is 0 Å². The lowest BCUT2D eigenvalue weighted by molar-refractivity contribution is 0.308. The molecule has 0 aliphatic rings. The molecule has 2 aromatic rings. The molecule has 0 saturated carbocycles. The Bertz CT molecular complexity index is 463. The molecule has 0 radical (unpaired) electrons. The molecule has 0 aromatic carbocycles. The van der Waals surface area contributed by atoms with E-state index >= 15 is 0 Å². The van der Waals surface area contributed by atoms with Crippen LogP contribution in [0.5, 0.6) is 0 Å². The predicted molar refractivity (Wildman–Crippen MR) is 54.3 cm³/mol. The molecular formula is C8H12N6O2. The molecule has 0 spiro atoms. The van der Waals surface area contributed by atoms with E-state index in [0.29, 0.717) is 12.2 Å². The molecule has 86 valence electrons. The van der Waals surface area contributed by atoms with Gasteiger partial charge in [-0.1, -0.05) is 5.16 Å². The Morgan fingerprint density at radius 2 is 2.06 bits per heavy atom. The number of aromatic nitrogens is 4. The maximum Gasteiger partial charge on any atom is 0.284 e. The molecule has 0 unspecified atom stereocenters. The number of anilines is 1. The van der Waals surface area contributed by atoms with E-state index in [1.165, 1.54) is 0 Å². The van der Waals surface area contributed by atoms with Crippen LogP contribution in [0.4, 0.5) is 5.82 Å². The Morgan fingerprint density at radius 3 is 2.69 bits per heavy atom. The standard InChI is InChI=1S/C8H12N6O2/c1-14(2)4-3-5-10-8(15-11-5)6-7(9)13-16-12-6/h3-4H2,1-2H3,(H2,9,13). The Hall–Kier alpha value is -1.96. The van der Waals surface area contributed by atoms with Gasteiger partial charge in [0.15, 0.2) is 5.82 Å². The van der Waals surface area contributed by atoms with Gasteiger partial charge < -0.3 is 15.2 Å². The second-order valence-corrected chi connectivity index (χ2v) is 3.57. The van der Waals surface area contributed by atoms with Gasteiger partial charge in [0.2, 0.25) is 11.5 Å². The summed E-state index contributed by atoms with van der Waals surface area (Å²) in [6, 6.07) is 0. The molecule has 0 fully saturated rings. The summed E-state index contributed by atoms with van der Waals surface area (Å²) in [5, 5.41) is 10.8. The summed E-state index contributed by atoms with van der Waals surface area (Å²) >= 11 is 0. The van der Waals surface area contributed by atoms with Gasteiger partial charge in [-0.05, 0) is 24.4 Å². The number of nitrogens with zero attached hydrogens (tertiary/aromatic N) is 5. The number of likely N-dealkylation sites (N-methyl/N-ethyl adjacent to an activating group) is 1. The van der Waals surface area contributed by atoms with E-state index < -0.39 is 0 Å². The third kappa shape index (κ3) is 2.16. The molecule has 2 rings (SSSR count). The first-order valence-corrected chi connectivity index (χ1v) is 4.72. The second kappa shape index (κ2) is 4.27. The van der Waals surface area contributed by atoms with Gasteiger partial charge in [0, 0.05) is 13.0 Å². The Kier molecular flexibility index (Phi) is 2.82. The number of rotatable bonds is 4. The van der Waals surface area contributed by atoms with Crippen molar-refractivity contribution in [3.63, 3.8) is 0 Å². The first-order chi connectivity index (χ1) is 7.66. The number of nitrogens with two attached hydrogens (primary N) is 1. The molecule has 2 heterocycles. The summed E-state index contributed by atoms with van der Waals surface area (Å²) in [4.78, 5) is 6.17. The molecular weight excluding hydrogens is 212 g/mol. The van der Waals surface area contributed by atoms with Crippen LogP contribution >= 0.6 is 0 Å². The van der Waals surface area contributed by atoms with Crippen LogP contribution in [0, 0.1) is 0 Å². The third-order valence-electron chi connectivity index (χ3n) is 1.97. The average Bonchev–Trinajstić information content (AvgIpc) is 2.83. The Morgan fingerprint density at radius 1 is 1.25 bits per heavy atom. The minimum atomic E-state index is 0.141. The van der Waals surface area contributed by atoms with E-state index in [0.717, 1.165) is 6.54 Å². The summed E-state index contributed by atoms with van der Waals surface area (Å²) < 4.78 is 9.45. The van der Waals surface area contributed by atoms with Crippen LogP contribution < -0.4 is 5.73 Å². The highest BCUT2D eigenvalue weighted by Gasteiger charge is 2.16. The van der Waals surface area contributed by atoms with E-state index in [1.54, 1.807) is 0 Å². The van der Waals surface area contributed by atoms with Crippen LogP contribution in [0.15, 0.2) is 9.15 Å². The van der Waals surface area contributed by atoms with Gasteiger partial charge in [0.1, 0.15) is 0 Å². The van der Waals surface area contributed by atoms with Crippen molar-refractivity contribution in [3.8, 4) is 11.6 Å². The van der Waals surface area contributed by atoms with Crippen molar-refractivity contribution >= 4 is 5.82 Å². The van der Waals surface area contributed by atoms with Gasteiger partial charge in [0.25, 0.3) is 5.89 Å². The lowest BCUT2D eigenvalue weighted by atomic mass is 10.4. The lowest BCUT2D eigenvalue weighted by Gasteiger charge is -2.05. The minimum Gasteiger partial charge on any atom is -0.379 e. The van der Waals surface area contributed by atoms with Crippen LogP contribution in [0.2, 0.25) is 0 Å². The SMILES string of the molecule is CN(C)CCc1noc(-c2nonc2N)n1. The van der Waals surface area contributed by atoms with Gasteiger partial charge in [-0.2, -0.15) is 4.98 Å². The van der Waals surface area contributed by atoms with E-state index in [2.05, 4.69) is 25.1 Å². The zero-order chi connectivity index (χ0) is 11.5. The van der Waals surface area contributed by atoms with E-state index in [4.69, 9.17) is 10.3 Å². The molecule has 16 heavy (non-hydrogen) atoms. The van der Waals surface area contributed by atoms with Crippen molar-refractivity contribution in [1.82, 2.24) is 25.4 Å². The molecule has 0 aliphatic heterocycles. The van der Waals surface area contributed by atoms with Crippen molar-refractivity contribution in [1.29, 1.82) is 0 Å². The highest BCUT2D eigenvalue weighted by molar-refractivity contribution is 5.60. The maximum absolute atomic E-state index is 5.50. The quantitative estimate of drug-likeness (QED) is 0.761. The summed E-state index contributed by atoms with van der Waals surface area (Å²) in [6.45, 7) is 0.839. The normalized spacial score (nSPS) is 11.2. The molecule has 8 nitrogen and oxygen atoms in total. The molecule has 0 amide bonds. The van der Waals surface area contributed by atoms with E-state index in [-0.39, 0.29) is 17.4 Å². The fraction of sp³-hybridized carbons (Fsp3) is 0.500. The van der Waals surface area contributed by atoms with Crippen molar-refractivity contribution in [2.75, 3.05) is 26.4 Å². The van der Waals surface area contributed by atoms with Gasteiger partial charge in [-0.3, -0.25) is 0 Å². The van der Waals surface area contributed by atoms with Crippen molar-refractivity contribution in [2.24, 2.45) is 0 Å². The van der Waals surface area contributed by atoms with Crippen molar-refractivity contribution < 1.29 is 9.15 Å². The van der Waals surface area contributed by atoms with Crippen LogP contribution in [-0.4, -0.2) is 46.0 Å². The molecule has 0 aliphatic carbocycles. The fourth-order valence-electron chi connectivity index (χ4n) is 1.12. The number of nitrogen functional groups attached to an aromatic ring is 1. The molecule has 0 bridgehead atoms. The molecule has 0 atom stereocenters. The van der Waals surface area contributed by atoms with Crippen LogP contribution in [0.3, 0.4) is 0 Å². The summed E-state index contributed by atoms with van der Waals surface area (Å²) in [5.74, 6) is 0.974. The molecule has 8 heteroatoms. The summed E-state index contributed by atoms with van der Waals surface area (Å²) in [6.07, 6.45) is 0.696. The Balaban J connectivity index is 2.11. The van der Waals surface area contributed by atoms with E-state index in [9.17, 15) is 0 Å². The highest BCUT2D eigenvalue weighted by Crippen LogP contribution is 2.19. The van der Waals surface area contributed by atoms with Crippen LogP contribution in [0.1, 0.15) is 5.82 Å². The lowest BCUT2D eigenvalue weighted by Crippen LogP contribution is -2.15. The van der Waals surface area contributed by atoms with Gasteiger partial charge >= 0.3 is 0 Å². The summed E-state index contributed by atoms with van der Waals surface area (Å²) in [5.41, 5.74) is 5.78. The molecule has 0 saturated heterocycles. The van der Waals surface area contributed by atoms with Crippen LogP contribution in [0.25, 0.3) is 11.6 Å². The first-order valence-electron chi connectivity index (χ1n) is 4.72. The topological polar surface area (TPSA) is 107 Å². The molecule has 2 aromatic heterocycles. The first kappa shape index (κ1) is 10.6. The number of hydrogen-bond donors (Lipinski definition) is 1. The largest absolute Gasteiger partial charge is 0.379 e. The smallest absolute Gasteiger partial charge is 0.284 e. The summed E-state index contributed by atoms with van der Waals surface area (Å²) in [7, 11) is 3.95. The zero-order valence-corrected chi connectivity index (χ0v) is 9.04. The third-order valence-corrected chi connectivity index (χ3v) is 1.97. The molecule has 2 N–H and O–H groups in total. The second-order valence-electron chi connectivity index (χ2n) is 3.57. The van der Waals surface area contributed by atoms with Gasteiger partial charge in [-0.25, -0.2) is 4.63 Å². The zero-order valence-electron chi connectivity index (χ0n) is 9.04. The van der Waals surface area contributed by atoms with Gasteiger partial charge in [-0.15, -0.1) is 0 Å². The maximum atomic E-state index is 5.50. The van der Waals surface area contributed by atoms with Crippen molar-refractivity contribution in [3.05, 3.63) is 5.82 Å². The monoisotopic (exact) mass is 224 g/mol. The van der Waals surface area contributed by atoms with Crippen LogP contribution in [-0.2, 0) is 6.42 Å². The van der Waals surface area contributed by atoms with E-state index in [1.807, 2.05) is 19.0 Å². The fourth-order valence-corrected chi connectivity index (χ4v) is 1.12. The average molecular weight is 224 g/mol. The Labute approximate surface area is 91.4 Å². The number of hydrogen-bond acceptors (Lipinski definition) is 8. The highest BCUT2D eigenvalue weighted by atomic mass is 16.6.